The maximum absolute atomic E-state index is 12.7. The molecule has 0 bridgehead atoms. The number of halogens is 1. The summed E-state index contributed by atoms with van der Waals surface area (Å²) in [5, 5.41) is 2.99. The normalized spacial score (nSPS) is 14.2. The van der Waals surface area contributed by atoms with E-state index in [9.17, 15) is 4.79 Å². The number of hydrogen-bond acceptors (Lipinski definition) is 5. The molecule has 0 aromatic carbocycles. The van der Waals surface area contributed by atoms with Crippen LogP contribution in [0.4, 0.5) is 5.82 Å². The summed E-state index contributed by atoms with van der Waals surface area (Å²) in [4.78, 5) is 27.6. The third-order valence-corrected chi connectivity index (χ3v) is 4.29. The molecule has 1 aliphatic heterocycles. The molecule has 4 rings (SSSR count). The van der Waals surface area contributed by atoms with Crippen molar-refractivity contribution in [1.82, 2.24) is 24.7 Å². The molecule has 0 aliphatic carbocycles. The zero-order chi connectivity index (χ0) is 16.4. The highest BCUT2D eigenvalue weighted by atomic mass is 35.5. The van der Waals surface area contributed by atoms with Gasteiger partial charge >= 0.3 is 0 Å². The molecule has 3 aromatic heterocycles. The predicted octanol–water partition coefficient (Wildman–Crippen LogP) is 2.43. The first kappa shape index (κ1) is 17.2. The Bertz CT molecular complexity index is 885. The number of pyridine rings is 1. The van der Waals surface area contributed by atoms with Crippen molar-refractivity contribution in [1.29, 1.82) is 0 Å². The summed E-state index contributed by atoms with van der Waals surface area (Å²) in [5.41, 5.74) is 1.20. The Hall–Kier alpha value is -2.67. The lowest BCUT2D eigenvalue weighted by atomic mass is 10.1. The van der Waals surface area contributed by atoms with Crippen LogP contribution in [0.2, 0.25) is 0 Å². The summed E-state index contributed by atoms with van der Waals surface area (Å²) in [6.07, 6.45) is 10.2. The molecule has 25 heavy (non-hydrogen) atoms. The number of hydrogen-bond donors (Lipinski definition) is 1. The lowest BCUT2D eigenvalue weighted by molar-refractivity contribution is 0.572. The number of nitrogens with one attached hydrogen (secondary N) is 1. The summed E-state index contributed by atoms with van der Waals surface area (Å²) >= 11 is 0. The van der Waals surface area contributed by atoms with Crippen molar-refractivity contribution in [3.63, 3.8) is 0 Å². The van der Waals surface area contributed by atoms with E-state index in [2.05, 4.69) is 25.0 Å². The minimum atomic E-state index is -0.147. The highest BCUT2D eigenvalue weighted by Gasteiger charge is 2.15. The van der Waals surface area contributed by atoms with E-state index in [0.29, 0.717) is 11.4 Å². The molecule has 1 fully saturated rings. The van der Waals surface area contributed by atoms with Crippen LogP contribution in [0.3, 0.4) is 0 Å². The third kappa shape index (κ3) is 3.41. The van der Waals surface area contributed by atoms with Crippen molar-refractivity contribution in [2.45, 2.75) is 19.3 Å². The Morgan fingerprint density at radius 2 is 1.88 bits per heavy atom. The first-order valence-electron chi connectivity index (χ1n) is 8.11. The van der Waals surface area contributed by atoms with Crippen LogP contribution in [0.15, 0.2) is 47.9 Å². The quantitative estimate of drug-likeness (QED) is 0.777. The van der Waals surface area contributed by atoms with Gasteiger partial charge in [-0.3, -0.25) is 14.9 Å². The lowest BCUT2D eigenvalue weighted by Crippen LogP contribution is -2.30. The molecule has 3 aromatic rings. The molecule has 1 saturated heterocycles. The molecule has 8 heteroatoms. The van der Waals surface area contributed by atoms with Gasteiger partial charge in [0.25, 0.3) is 5.56 Å². The maximum Gasteiger partial charge on any atom is 0.280 e. The number of aromatic amines is 1. The third-order valence-electron chi connectivity index (χ3n) is 4.29. The van der Waals surface area contributed by atoms with Crippen molar-refractivity contribution < 1.29 is 0 Å². The highest BCUT2D eigenvalue weighted by Crippen LogP contribution is 2.19. The molecule has 1 aliphatic rings. The van der Waals surface area contributed by atoms with Gasteiger partial charge in [-0.15, -0.1) is 12.4 Å². The summed E-state index contributed by atoms with van der Waals surface area (Å²) in [6.45, 7) is 1.99. The van der Waals surface area contributed by atoms with Crippen LogP contribution < -0.4 is 10.5 Å². The van der Waals surface area contributed by atoms with Gasteiger partial charge in [-0.1, -0.05) is 6.07 Å². The van der Waals surface area contributed by atoms with Crippen LogP contribution in [0.5, 0.6) is 0 Å². The largest absolute Gasteiger partial charge is 0.356 e. The van der Waals surface area contributed by atoms with Crippen LogP contribution >= 0.6 is 12.4 Å². The Morgan fingerprint density at radius 1 is 1.08 bits per heavy atom. The van der Waals surface area contributed by atoms with E-state index >= 15 is 0 Å². The van der Waals surface area contributed by atoms with Crippen molar-refractivity contribution in [2.24, 2.45) is 0 Å². The number of anilines is 1. The maximum atomic E-state index is 12.7. The summed E-state index contributed by atoms with van der Waals surface area (Å²) in [5.74, 6) is 1.41. The molecular weight excluding hydrogens is 340 g/mol. The van der Waals surface area contributed by atoms with Crippen molar-refractivity contribution in [3.8, 4) is 16.9 Å². The van der Waals surface area contributed by atoms with Gasteiger partial charge in [0.15, 0.2) is 5.82 Å². The van der Waals surface area contributed by atoms with Crippen LogP contribution in [0.1, 0.15) is 19.3 Å². The van der Waals surface area contributed by atoms with E-state index in [1.807, 2.05) is 18.2 Å². The minimum Gasteiger partial charge on any atom is -0.356 e. The fourth-order valence-electron chi connectivity index (χ4n) is 3.02. The second kappa shape index (κ2) is 7.48. The fourth-order valence-corrected chi connectivity index (χ4v) is 3.02. The number of nitrogens with zero attached hydrogens (tertiary/aromatic N) is 5. The second-order valence-electron chi connectivity index (χ2n) is 5.85. The molecule has 1 N–H and O–H groups in total. The van der Waals surface area contributed by atoms with Gasteiger partial charge in [0.05, 0.1) is 5.56 Å². The molecule has 0 atom stereocenters. The zero-order valence-corrected chi connectivity index (χ0v) is 14.4. The first-order valence-corrected chi connectivity index (χ1v) is 8.11. The molecule has 7 nitrogen and oxygen atoms in total. The molecule has 0 amide bonds. The van der Waals surface area contributed by atoms with Crippen molar-refractivity contribution >= 4 is 18.2 Å². The van der Waals surface area contributed by atoms with Crippen molar-refractivity contribution in [3.05, 3.63) is 53.5 Å². The standard InChI is InChI=1S/C17H18N6O.ClH/c24-17-14(13-5-4-6-18-10-13)11-21-23(17)16-9-15(19-12-20-16)22-7-2-1-3-8-22;/h4-6,9-12,21H,1-3,7-8H2;1H. The number of aromatic nitrogens is 5. The average molecular weight is 359 g/mol. The molecule has 0 saturated carbocycles. The van der Waals surface area contributed by atoms with Gasteiger partial charge < -0.3 is 4.90 Å². The van der Waals surface area contributed by atoms with Gasteiger partial charge in [0.1, 0.15) is 12.1 Å². The van der Waals surface area contributed by atoms with Gasteiger partial charge in [-0.25, -0.2) is 14.6 Å². The minimum absolute atomic E-state index is 0. The second-order valence-corrected chi connectivity index (χ2v) is 5.85. The summed E-state index contributed by atoms with van der Waals surface area (Å²) in [7, 11) is 0. The van der Waals surface area contributed by atoms with Gasteiger partial charge in [-0.05, 0) is 25.3 Å². The van der Waals surface area contributed by atoms with E-state index in [4.69, 9.17) is 0 Å². The molecule has 0 radical (unpaired) electrons. The fraction of sp³-hybridized carbons (Fsp3) is 0.294. The Kier molecular flexibility index (Phi) is 5.14. The number of H-pyrrole nitrogens is 1. The van der Waals surface area contributed by atoms with Crippen molar-refractivity contribution in [2.75, 3.05) is 18.0 Å². The van der Waals surface area contributed by atoms with E-state index in [1.165, 1.54) is 30.3 Å². The summed E-state index contributed by atoms with van der Waals surface area (Å²) < 4.78 is 1.44. The van der Waals surface area contributed by atoms with E-state index in [0.717, 1.165) is 24.5 Å². The molecule has 0 unspecified atom stereocenters. The number of rotatable bonds is 3. The molecule has 130 valence electrons. The van der Waals surface area contributed by atoms with E-state index in [1.54, 1.807) is 18.6 Å². The smallest absolute Gasteiger partial charge is 0.280 e. The Labute approximate surface area is 151 Å². The van der Waals surface area contributed by atoms with Crippen LogP contribution in [-0.4, -0.2) is 37.8 Å². The van der Waals surface area contributed by atoms with Crippen LogP contribution in [0.25, 0.3) is 16.9 Å². The Balaban J connectivity index is 0.00000182. The summed E-state index contributed by atoms with van der Waals surface area (Å²) in [6, 6.07) is 5.53. The van der Waals surface area contributed by atoms with Gasteiger partial charge in [-0.2, -0.15) is 0 Å². The molecular formula is C17H19ClN6O. The van der Waals surface area contributed by atoms with Gasteiger partial charge in [0, 0.05) is 43.3 Å². The number of piperidine rings is 1. The van der Waals surface area contributed by atoms with Crippen LogP contribution in [-0.2, 0) is 0 Å². The monoisotopic (exact) mass is 358 g/mol. The van der Waals surface area contributed by atoms with E-state index in [-0.39, 0.29) is 18.0 Å². The van der Waals surface area contributed by atoms with Gasteiger partial charge in [0.2, 0.25) is 0 Å². The molecule has 4 heterocycles. The lowest BCUT2D eigenvalue weighted by Gasteiger charge is -2.27. The SMILES string of the molecule is Cl.O=c1c(-c2cccnc2)c[nH]n1-c1cc(N2CCCCC2)ncn1. The van der Waals surface area contributed by atoms with E-state index < -0.39 is 0 Å². The first-order chi connectivity index (χ1) is 11.8. The predicted molar refractivity (Wildman–Crippen MR) is 98.5 cm³/mol. The Morgan fingerprint density at radius 3 is 2.64 bits per heavy atom. The highest BCUT2D eigenvalue weighted by molar-refractivity contribution is 5.85. The zero-order valence-electron chi connectivity index (χ0n) is 13.6. The topological polar surface area (TPSA) is 79.7 Å². The molecule has 0 spiro atoms. The van der Waals surface area contributed by atoms with Crippen LogP contribution in [0, 0.1) is 0 Å². The average Bonchev–Trinajstić information content (AvgIpc) is 3.05.